The molecule has 0 saturated carbocycles. The predicted octanol–water partition coefficient (Wildman–Crippen LogP) is 3.26. The highest BCUT2D eigenvalue weighted by atomic mass is 32.1. The van der Waals surface area contributed by atoms with Crippen LogP contribution in [0.3, 0.4) is 0 Å². The van der Waals surface area contributed by atoms with Crippen LogP contribution in [0, 0.1) is 0 Å². The number of benzene rings is 1. The molecule has 2 heterocycles. The van der Waals surface area contributed by atoms with Crippen molar-refractivity contribution in [1.29, 1.82) is 0 Å². The molecule has 0 unspecified atom stereocenters. The molecule has 27 heavy (non-hydrogen) atoms. The number of rotatable bonds is 6. The predicted molar refractivity (Wildman–Crippen MR) is 112 cm³/mol. The Bertz CT molecular complexity index is 826. The minimum Gasteiger partial charge on any atom is -0.344 e. The molecule has 2 amide bonds. The maximum Gasteiger partial charge on any atom is 0.263 e. The van der Waals surface area contributed by atoms with Crippen molar-refractivity contribution in [3.8, 4) is 0 Å². The molecule has 2 aromatic rings. The van der Waals surface area contributed by atoms with E-state index in [9.17, 15) is 9.59 Å². The van der Waals surface area contributed by atoms with Gasteiger partial charge in [-0.2, -0.15) is 0 Å². The van der Waals surface area contributed by atoms with Gasteiger partial charge in [0.05, 0.1) is 11.4 Å². The van der Waals surface area contributed by atoms with Crippen LogP contribution in [0.1, 0.15) is 41.4 Å². The fraction of sp³-hybridized carbons (Fsp3) is 0.524. The lowest BCUT2D eigenvalue weighted by molar-refractivity contribution is -0.131. The van der Waals surface area contributed by atoms with Gasteiger partial charge in [-0.3, -0.25) is 14.5 Å². The number of amides is 2. The summed E-state index contributed by atoms with van der Waals surface area (Å²) >= 11 is 1.59. The van der Waals surface area contributed by atoms with Gasteiger partial charge in [0.1, 0.15) is 0 Å². The Morgan fingerprint density at radius 2 is 1.89 bits per heavy atom. The van der Waals surface area contributed by atoms with E-state index in [1.807, 2.05) is 30.9 Å². The number of likely N-dealkylation sites (N-methyl/N-ethyl adjacent to an activating group) is 1. The van der Waals surface area contributed by atoms with E-state index in [1.54, 1.807) is 30.3 Å². The lowest BCUT2D eigenvalue weighted by Gasteiger charge is -2.23. The van der Waals surface area contributed by atoms with Crippen molar-refractivity contribution >= 4 is 33.2 Å². The number of fused-ring (bicyclic) bond motifs is 1. The summed E-state index contributed by atoms with van der Waals surface area (Å²) in [6, 6.07) is 8.28. The summed E-state index contributed by atoms with van der Waals surface area (Å²) < 4.78 is 1.16. The van der Waals surface area contributed by atoms with Crippen molar-refractivity contribution in [2.75, 3.05) is 46.8 Å². The lowest BCUT2D eigenvalue weighted by atomic mass is 9.95. The Morgan fingerprint density at radius 3 is 2.56 bits per heavy atom. The number of nitrogens with zero attached hydrogens (tertiary/aromatic N) is 3. The summed E-state index contributed by atoms with van der Waals surface area (Å²) in [4.78, 5) is 31.9. The summed E-state index contributed by atoms with van der Waals surface area (Å²) in [5, 5.41) is 1.19. The lowest BCUT2D eigenvalue weighted by Crippen LogP contribution is -2.39. The third kappa shape index (κ3) is 4.01. The van der Waals surface area contributed by atoms with E-state index in [-0.39, 0.29) is 11.8 Å². The molecule has 3 rings (SSSR count). The highest BCUT2D eigenvalue weighted by Crippen LogP contribution is 2.40. The van der Waals surface area contributed by atoms with E-state index >= 15 is 0 Å². The topological polar surface area (TPSA) is 43.9 Å². The van der Waals surface area contributed by atoms with Gasteiger partial charge < -0.3 is 9.80 Å². The molecule has 0 N–H and O–H groups in total. The van der Waals surface area contributed by atoms with Gasteiger partial charge in [-0.05, 0) is 43.8 Å². The first-order chi connectivity index (χ1) is 13.0. The average molecular weight is 388 g/mol. The zero-order chi connectivity index (χ0) is 19.6. The van der Waals surface area contributed by atoms with E-state index in [0.29, 0.717) is 12.5 Å². The van der Waals surface area contributed by atoms with Crippen LogP contribution in [-0.4, -0.2) is 73.3 Å². The number of hydrogen-bond acceptors (Lipinski definition) is 4. The molecule has 6 heteroatoms. The van der Waals surface area contributed by atoms with Crippen molar-refractivity contribution in [3.63, 3.8) is 0 Å². The number of carbonyl (C=O) groups is 2. The first-order valence-corrected chi connectivity index (χ1v) is 10.5. The molecule has 1 saturated heterocycles. The van der Waals surface area contributed by atoms with Crippen LogP contribution in [0.4, 0.5) is 0 Å². The molecule has 0 aliphatic carbocycles. The van der Waals surface area contributed by atoms with Crippen LogP contribution >= 0.6 is 11.3 Å². The Balaban J connectivity index is 1.85. The summed E-state index contributed by atoms with van der Waals surface area (Å²) in [7, 11) is 3.61. The van der Waals surface area contributed by atoms with E-state index in [2.05, 4.69) is 17.0 Å². The minimum atomic E-state index is 0.0730. The maximum absolute atomic E-state index is 12.8. The fourth-order valence-electron chi connectivity index (χ4n) is 3.91. The normalized spacial score (nSPS) is 17.4. The van der Waals surface area contributed by atoms with E-state index in [1.165, 1.54) is 10.9 Å². The van der Waals surface area contributed by atoms with Crippen LogP contribution in [0.15, 0.2) is 24.3 Å². The van der Waals surface area contributed by atoms with Gasteiger partial charge in [-0.1, -0.05) is 18.2 Å². The monoisotopic (exact) mass is 387 g/mol. The molecule has 0 radical (unpaired) electrons. The third-order valence-electron chi connectivity index (χ3n) is 5.39. The van der Waals surface area contributed by atoms with Crippen molar-refractivity contribution in [2.24, 2.45) is 0 Å². The van der Waals surface area contributed by atoms with Crippen LogP contribution in [-0.2, 0) is 4.79 Å². The van der Waals surface area contributed by atoms with Gasteiger partial charge in [-0.25, -0.2) is 0 Å². The van der Waals surface area contributed by atoms with Crippen LogP contribution in [0.5, 0.6) is 0 Å². The molecule has 1 aliphatic heterocycles. The van der Waals surface area contributed by atoms with Gasteiger partial charge >= 0.3 is 0 Å². The van der Waals surface area contributed by atoms with Crippen LogP contribution in [0.2, 0.25) is 0 Å². The van der Waals surface area contributed by atoms with E-state index < -0.39 is 0 Å². The van der Waals surface area contributed by atoms with Crippen LogP contribution < -0.4 is 0 Å². The molecule has 1 aliphatic rings. The molecular weight excluding hydrogens is 358 g/mol. The molecule has 1 atom stereocenters. The van der Waals surface area contributed by atoms with E-state index in [4.69, 9.17) is 0 Å². The summed E-state index contributed by atoms with van der Waals surface area (Å²) in [5.74, 6) is 0.564. The molecule has 5 nitrogen and oxygen atoms in total. The molecule has 0 bridgehead atoms. The molecule has 1 aromatic heterocycles. The number of thiophene rings is 1. The quantitative estimate of drug-likeness (QED) is 0.764. The number of carbonyl (C=O) groups excluding carboxylic acids is 2. The molecule has 1 fully saturated rings. The standard InChI is InChI=1S/C21H29N3O2S/c1-5-24(6-2)18(25)14-23-12-11-15(13-23)19-16-9-7-8-10-17(16)27-20(19)21(26)22(3)4/h7-10,15H,5-6,11-14H2,1-4H3/t15-/m1/s1. The van der Waals surface area contributed by atoms with Gasteiger partial charge in [-0.15, -0.1) is 11.3 Å². The largest absolute Gasteiger partial charge is 0.344 e. The fourth-order valence-corrected chi connectivity index (χ4v) is 5.22. The third-order valence-corrected chi connectivity index (χ3v) is 6.56. The van der Waals surface area contributed by atoms with Crippen LogP contribution in [0.25, 0.3) is 10.1 Å². The second kappa shape index (κ2) is 8.40. The smallest absolute Gasteiger partial charge is 0.263 e. The second-order valence-electron chi connectivity index (χ2n) is 7.33. The molecule has 1 aromatic carbocycles. The van der Waals surface area contributed by atoms with Gasteiger partial charge in [0.2, 0.25) is 5.91 Å². The number of likely N-dealkylation sites (tertiary alicyclic amines) is 1. The Hall–Kier alpha value is -1.92. The first kappa shape index (κ1) is 19.8. The van der Waals surface area contributed by atoms with Crippen molar-refractivity contribution in [3.05, 3.63) is 34.7 Å². The molecule has 0 spiro atoms. The second-order valence-corrected chi connectivity index (χ2v) is 8.38. The first-order valence-electron chi connectivity index (χ1n) is 9.69. The molecular formula is C21H29N3O2S. The van der Waals surface area contributed by atoms with E-state index in [0.717, 1.165) is 42.2 Å². The Kier molecular flexibility index (Phi) is 6.17. The molecule has 146 valence electrons. The zero-order valence-electron chi connectivity index (χ0n) is 16.7. The minimum absolute atomic E-state index is 0.0730. The summed E-state index contributed by atoms with van der Waals surface area (Å²) in [6.07, 6.45) is 0.986. The average Bonchev–Trinajstić information content (AvgIpc) is 3.25. The van der Waals surface area contributed by atoms with Crippen molar-refractivity contribution < 1.29 is 9.59 Å². The maximum atomic E-state index is 12.8. The van der Waals surface area contributed by atoms with Crippen molar-refractivity contribution in [2.45, 2.75) is 26.2 Å². The highest BCUT2D eigenvalue weighted by molar-refractivity contribution is 7.21. The summed E-state index contributed by atoms with van der Waals surface area (Å²) in [6.45, 7) is 7.75. The van der Waals surface area contributed by atoms with Gasteiger partial charge in [0.25, 0.3) is 5.91 Å². The highest BCUT2D eigenvalue weighted by Gasteiger charge is 2.32. The van der Waals surface area contributed by atoms with Gasteiger partial charge in [0, 0.05) is 44.3 Å². The Labute approximate surface area is 165 Å². The van der Waals surface area contributed by atoms with Crippen molar-refractivity contribution in [1.82, 2.24) is 14.7 Å². The number of hydrogen-bond donors (Lipinski definition) is 0. The SMILES string of the molecule is CCN(CC)C(=O)CN1CC[C@@H](c2c(C(=O)N(C)C)sc3ccccc23)C1. The van der Waals surface area contributed by atoms with Gasteiger partial charge in [0.15, 0.2) is 0 Å². The Morgan fingerprint density at radius 1 is 1.19 bits per heavy atom. The zero-order valence-corrected chi connectivity index (χ0v) is 17.5. The summed E-state index contributed by atoms with van der Waals surface area (Å²) in [5.41, 5.74) is 1.17.